The van der Waals surface area contributed by atoms with E-state index in [9.17, 15) is 4.79 Å². The Balaban J connectivity index is 3.73. The molecule has 0 fully saturated rings. The maximum atomic E-state index is 11.2. The summed E-state index contributed by atoms with van der Waals surface area (Å²) in [7, 11) is 0. The Hall–Kier alpha value is -0.610. The molecule has 0 aliphatic carbocycles. The number of rotatable bonds is 6. The summed E-state index contributed by atoms with van der Waals surface area (Å²) in [6.45, 7) is 4.44. The molecule has 0 aromatic carbocycles. The number of nitrogens with two attached hydrogens (primary N) is 1. The Morgan fingerprint density at radius 3 is 2.54 bits per heavy atom. The summed E-state index contributed by atoms with van der Waals surface area (Å²) >= 11 is 0. The average molecular weight is 188 g/mol. The van der Waals surface area contributed by atoms with Crippen LogP contribution in [0, 0.1) is 5.92 Å². The lowest BCUT2D eigenvalue weighted by atomic mass is 10.1. The molecule has 0 radical (unpaired) electrons. The van der Waals surface area contributed by atoms with Gasteiger partial charge in [-0.3, -0.25) is 4.79 Å². The second-order valence-electron chi connectivity index (χ2n) is 3.49. The number of hydrogen-bond acceptors (Lipinski definition) is 3. The Morgan fingerprint density at radius 2 is 2.15 bits per heavy atom. The lowest BCUT2D eigenvalue weighted by Crippen LogP contribution is -2.41. The molecule has 78 valence electrons. The van der Waals surface area contributed by atoms with Crippen molar-refractivity contribution in [2.75, 3.05) is 13.2 Å². The highest BCUT2D eigenvalue weighted by atomic mass is 16.3. The zero-order valence-corrected chi connectivity index (χ0v) is 8.42. The molecule has 0 aliphatic heterocycles. The van der Waals surface area contributed by atoms with Gasteiger partial charge in [0.1, 0.15) is 0 Å². The minimum atomic E-state index is -0.134. The van der Waals surface area contributed by atoms with Gasteiger partial charge in [-0.05, 0) is 18.9 Å². The van der Waals surface area contributed by atoms with Gasteiger partial charge < -0.3 is 16.2 Å². The molecule has 0 saturated heterocycles. The van der Waals surface area contributed by atoms with Gasteiger partial charge in [-0.2, -0.15) is 0 Å². The number of carbonyl (C=O) groups excluding carboxylic acids is 1. The summed E-state index contributed by atoms with van der Waals surface area (Å²) in [6, 6.07) is -0.134. The van der Waals surface area contributed by atoms with Gasteiger partial charge in [0.15, 0.2) is 0 Å². The zero-order chi connectivity index (χ0) is 10.3. The van der Waals surface area contributed by atoms with Crippen LogP contribution >= 0.6 is 0 Å². The summed E-state index contributed by atoms with van der Waals surface area (Å²) in [4.78, 5) is 11.2. The van der Waals surface area contributed by atoms with E-state index in [1.54, 1.807) is 0 Å². The fourth-order valence-corrected chi connectivity index (χ4v) is 0.965. The van der Waals surface area contributed by atoms with Gasteiger partial charge in [0.25, 0.3) is 0 Å². The normalized spacial score (nSPS) is 13.0. The highest BCUT2D eigenvalue weighted by Gasteiger charge is 2.13. The number of carbonyl (C=O) groups is 1. The Bertz CT molecular complexity index is 149. The van der Waals surface area contributed by atoms with Crippen LogP contribution in [0.25, 0.3) is 0 Å². The highest BCUT2D eigenvalue weighted by molar-refractivity contribution is 5.76. The molecule has 0 spiro atoms. The van der Waals surface area contributed by atoms with Gasteiger partial charge in [0.2, 0.25) is 5.91 Å². The Labute approximate surface area is 79.5 Å². The maximum Gasteiger partial charge on any atom is 0.220 e. The molecule has 4 heteroatoms. The molecule has 0 aromatic heterocycles. The third-order valence-electron chi connectivity index (χ3n) is 1.96. The Morgan fingerprint density at radius 1 is 1.54 bits per heavy atom. The highest BCUT2D eigenvalue weighted by Crippen LogP contribution is 2.00. The van der Waals surface area contributed by atoms with Crippen molar-refractivity contribution in [1.82, 2.24) is 5.32 Å². The van der Waals surface area contributed by atoms with E-state index >= 15 is 0 Å². The van der Waals surface area contributed by atoms with Crippen LogP contribution in [0.2, 0.25) is 0 Å². The van der Waals surface area contributed by atoms with E-state index in [1.165, 1.54) is 0 Å². The lowest BCUT2D eigenvalue weighted by molar-refractivity contribution is -0.122. The SMILES string of the molecule is CC(C)[C@@H](CO)NC(=O)CCCN. The summed E-state index contributed by atoms with van der Waals surface area (Å²) in [5.74, 6) is 0.227. The van der Waals surface area contributed by atoms with Gasteiger partial charge in [0, 0.05) is 6.42 Å². The van der Waals surface area contributed by atoms with Crippen LogP contribution in [-0.4, -0.2) is 30.2 Å². The van der Waals surface area contributed by atoms with Crippen molar-refractivity contribution < 1.29 is 9.90 Å². The van der Waals surface area contributed by atoms with Crippen LogP contribution in [0.1, 0.15) is 26.7 Å². The minimum absolute atomic E-state index is 0.00791. The van der Waals surface area contributed by atoms with Crippen molar-refractivity contribution in [1.29, 1.82) is 0 Å². The first kappa shape index (κ1) is 12.4. The molecule has 1 amide bonds. The number of hydrogen-bond donors (Lipinski definition) is 3. The van der Waals surface area contributed by atoms with Gasteiger partial charge in [-0.25, -0.2) is 0 Å². The average Bonchev–Trinajstić information content (AvgIpc) is 2.10. The molecular formula is C9H20N2O2. The largest absolute Gasteiger partial charge is 0.394 e. The molecule has 0 aromatic rings. The molecule has 0 unspecified atom stereocenters. The minimum Gasteiger partial charge on any atom is -0.394 e. The van der Waals surface area contributed by atoms with Crippen LogP contribution < -0.4 is 11.1 Å². The first-order chi connectivity index (χ1) is 6.11. The monoisotopic (exact) mass is 188 g/mol. The van der Waals surface area contributed by atoms with Gasteiger partial charge in [-0.15, -0.1) is 0 Å². The van der Waals surface area contributed by atoms with Crippen LogP contribution in [-0.2, 0) is 4.79 Å². The molecule has 0 rings (SSSR count). The van der Waals surface area contributed by atoms with Crippen molar-refractivity contribution in [2.45, 2.75) is 32.7 Å². The summed E-state index contributed by atoms with van der Waals surface area (Å²) in [6.07, 6.45) is 1.14. The van der Waals surface area contributed by atoms with Crippen LogP contribution in [0.5, 0.6) is 0 Å². The van der Waals surface area contributed by atoms with E-state index in [1.807, 2.05) is 13.8 Å². The zero-order valence-electron chi connectivity index (χ0n) is 8.42. The third kappa shape index (κ3) is 5.60. The molecule has 1 atom stereocenters. The Kier molecular flexibility index (Phi) is 6.54. The summed E-state index contributed by atoms with van der Waals surface area (Å²) < 4.78 is 0. The number of aliphatic hydroxyl groups is 1. The molecule has 4 nitrogen and oxygen atoms in total. The van der Waals surface area contributed by atoms with E-state index in [0.717, 1.165) is 0 Å². The molecule has 0 heterocycles. The molecule has 13 heavy (non-hydrogen) atoms. The van der Waals surface area contributed by atoms with Crippen LogP contribution in [0.15, 0.2) is 0 Å². The molecule has 0 bridgehead atoms. The smallest absolute Gasteiger partial charge is 0.220 e. The second kappa shape index (κ2) is 6.86. The van der Waals surface area contributed by atoms with Crippen molar-refractivity contribution in [3.05, 3.63) is 0 Å². The van der Waals surface area contributed by atoms with Gasteiger partial charge >= 0.3 is 0 Å². The predicted molar refractivity (Wildman–Crippen MR) is 52.1 cm³/mol. The van der Waals surface area contributed by atoms with E-state index in [0.29, 0.717) is 19.4 Å². The van der Waals surface area contributed by atoms with Crippen LogP contribution in [0.4, 0.5) is 0 Å². The molecule has 4 N–H and O–H groups in total. The molecular weight excluding hydrogens is 168 g/mol. The first-order valence-electron chi connectivity index (χ1n) is 4.72. The van der Waals surface area contributed by atoms with Crippen LogP contribution in [0.3, 0.4) is 0 Å². The molecule has 0 saturated carbocycles. The topological polar surface area (TPSA) is 75.3 Å². The standard InChI is InChI=1S/C9H20N2O2/c1-7(2)8(6-12)11-9(13)4-3-5-10/h7-8,12H,3-6,10H2,1-2H3,(H,11,13)/t8-/m1/s1. The number of nitrogens with one attached hydrogen (secondary N) is 1. The number of amides is 1. The van der Waals surface area contributed by atoms with Crippen molar-refractivity contribution in [2.24, 2.45) is 11.7 Å². The van der Waals surface area contributed by atoms with E-state index in [4.69, 9.17) is 10.8 Å². The first-order valence-corrected chi connectivity index (χ1v) is 4.72. The predicted octanol–water partition coefficient (Wildman–Crippen LogP) is -0.142. The quantitative estimate of drug-likeness (QED) is 0.543. The fraction of sp³-hybridized carbons (Fsp3) is 0.889. The van der Waals surface area contributed by atoms with Crippen molar-refractivity contribution in [3.63, 3.8) is 0 Å². The van der Waals surface area contributed by atoms with Gasteiger partial charge in [-0.1, -0.05) is 13.8 Å². The summed E-state index contributed by atoms with van der Waals surface area (Å²) in [5.41, 5.74) is 5.27. The summed E-state index contributed by atoms with van der Waals surface area (Å²) in [5, 5.41) is 11.7. The van der Waals surface area contributed by atoms with Crippen molar-refractivity contribution in [3.8, 4) is 0 Å². The second-order valence-corrected chi connectivity index (χ2v) is 3.49. The number of aliphatic hydroxyl groups excluding tert-OH is 1. The fourth-order valence-electron chi connectivity index (χ4n) is 0.965. The van der Waals surface area contributed by atoms with E-state index in [-0.39, 0.29) is 24.5 Å². The van der Waals surface area contributed by atoms with E-state index < -0.39 is 0 Å². The van der Waals surface area contributed by atoms with E-state index in [2.05, 4.69) is 5.32 Å². The molecule has 0 aliphatic rings. The third-order valence-corrected chi connectivity index (χ3v) is 1.96. The van der Waals surface area contributed by atoms with Crippen molar-refractivity contribution >= 4 is 5.91 Å². The lowest BCUT2D eigenvalue weighted by Gasteiger charge is -2.19. The van der Waals surface area contributed by atoms with Gasteiger partial charge in [0.05, 0.1) is 12.6 Å². The maximum absolute atomic E-state index is 11.2.